The van der Waals surface area contributed by atoms with Gasteiger partial charge in [-0.1, -0.05) is 29.8 Å². The maximum atomic E-state index is 13.1. The largest absolute Gasteiger partial charge is 0.340 e. The van der Waals surface area contributed by atoms with Crippen molar-refractivity contribution in [3.8, 4) is 0 Å². The van der Waals surface area contributed by atoms with Crippen LogP contribution in [0.25, 0.3) is 0 Å². The molecule has 3 amide bonds. The van der Waals surface area contributed by atoms with Crippen molar-refractivity contribution in [2.24, 2.45) is 0 Å². The Labute approximate surface area is 165 Å². The Kier molecular flexibility index (Phi) is 4.43. The van der Waals surface area contributed by atoms with Crippen molar-refractivity contribution < 1.29 is 9.59 Å². The van der Waals surface area contributed by atoms with Crippen LogP contribution in [0.5, 0.6) is 0 Å². The molecular formula is C22H24N4O2. The van der Waals surface area contributed by atoms with E-state index in [1.807, 2.05) is 52.0 Å². The number of carbonyl (C=O) groups is 2. The minimum atomic E-state index is -0.732. The van der Waals surface area contributed by atoms with Crippen LogP contribution in [0.4, 0.5) is 10.5 Å². The molecule has 1 atom stereocenters. The van der Waals surface area contributed by atoms with Gasteiger partial charge in [0.05, 0.1) is 6.54 Å². The fourth-order valence-corrected chi connectivity index (χ4v) is 3.53. The highest BCUT2D eigenvalue weighted by molar-refractivity contribution is 6.03. The van der Waals surface area contributed by atoms with Crippen LogP contribution in [0.3, 0.4) is 0 Å². The number of rotatable bonds is 3. The second-order valence-electron chi connectivity index (χ2n) is 7.51. The summed E-state index contributed by atoms with van der Waals surface area (Å²) in [6, 6.07) is 11.8. The predicted molar refractivity (Wildman–Crippen MR) is 108 cm³/mol. The minimum Gasteiger partial charge on any atom is -0.283 e. The molecule has 2 aromatic rings. The molecule has 2 aromatic carbocycles. The van der Waals surface area contributed by atoms with Crippen LogP contribution in [0.2, 0.25) is 0 Å². The van der Waals surface area contributed by atoms with E-state index in [0.29, 0.717) is 6.54 Å². The highest BCUT2D eigenvalue weighted by Gasteiger charge is 2.44. The van der Waals surface area contributed by atoms with Gasteiger partial charge >= 0.3 is 6.03 Å². The summed E-state index contributed by atoms with van der Waals surface area (Å²) >= 11 is 0. The number of fused-ring (bicyclic) bond motifs is 1. The molecule has 0 aliphatic carbocycles. The maximum absolute atomic E-state index is 13.1. The van der Waals surface area contributed by atoms with Gasteiger partial charge in [-0.05, 0) is 62.1 Å². The Morgan fingerprint density at radius 1 is 0.893 bits per heavy atom. The second kappa shape index (κ2) is 6.80. The maximum Gasteiger partial charge on any atom is 0.340 e. The third-order valence-corrected chi connectivity index (χ3v) is 5.46. The number of hydrogen-bond acceptors (Lipinski definition) is 3. The lowest BCUT2D eigenvalue weighted by atomic mass is 10.1. The van der Waals surface area contributed by atoms with Gasteiger partial charge in [0.25, 0.3) is 5.91 Å². The quantitative estimate of drug-likeness (QED) is 0.892. The highest BCUT2D eigenvalue weighted by Crippen LogP contribution is 2.27. The normalized spacial score (nSPS) is 18.9. The van der Waals surface area contributed by atoms with Crippen LogP contribution in [0.15, 0.2) is 48.8 Å². The third kappa shape index (κ3) is 3.05. The molecule has 1 N–H and O–H groups in total. The lowest BCUT2D eigenvalue weighted by Gasteiger charge is -2.29. The number of hydrogen-bond donors (Lipinski definition) is 1. The molecule has 1 unspecified atom stereocenters. The molecule has 28 heavy (non-hydrogen) atoms. The number of aryl methyl sites for hydroxylation is 4. The topological polar surface area (TPSA) is 55.9 Å². The molecule has 144 valence electrons. The number of benzene rings is 2. The predicted octanol–water partition coefficient (Wildman–Crippen LogP) is 3.51. The highest BCUT2D eigenvalue weighted by atomic mass is 16.2. The fourth-order valence-electron chi connectivity index (χ4n) is 3.53. The van der Waals surface area contributed by atoms with Crippen molar-refractivity contribution in [2.45, 2.75) is 40.4 Å². The number of carbonyl (C=O) groups excluding carboxylic acids is 2. The van der Waals surface area contributed by atoms with Crippen LogP contribution in [-0.2, 0) is 11.3 Å². The fraction of sp³-hybridized carbons (Fsp3) is 0.273. The number of amides is 3. The SMILES string of the molecule is Cc1ccc(C)c(CN2NC3C(=O)N(c4ccc(C)c(C)c4)C=CN3C2=O)c1. The molecule has 2 aliphatic heterocycles. The van der Waals surface area contributed by atoms with Crippen LogP contribution < -0.4 is 10.3 Å². The van der Waals surface area contributed by atoms with Gasteiger partial charge in [0, 0.05) is 18.1 Å². The van der Waals surface area contributed by atoms with Crippen molar-refractivity contribution in [1.29, 1.82) is 0 Å². The molecule has 6 heteroatoms. The van der Waals surface area contributed by atoms with E-state index in [1.165, 1.54) is 15.5 Å². The van der Waals surface area contributed by atoms with Gasteiger partial charge in [0.2, 0.25) is 0 Å². The average Bonchev–Trinajstić information content (AvgIpc) is 2.98. The first-order valence-electron chi connectivity index (χ1n) is 9.36. The number of hydrazine groups is 1. The van der Waals surface area contributed by atoms with Gasteiger partial charge in [0.1, 0.15) is 0 Å². The Hall–Kier alpha value is -3.12. The molecule has 0 spiro atoms. The molecule has 2 heterocycles. The van der Waals surface area contributed by atoms with E-state index >= 15 is 0 Å². The van der Waals surface area contributed by atoms with Crippen LogP contribution in [-0.4, -0.2) is 28.0 Å². The van der Waals surface area contributed by atoms with E-state index in [-0.39, 0.29) is 11.9 Å². The standard InChI is InChI=1S/C22H24N4O2/c1-14-5-6-16(3)18(11-14)13-26-22(28)25-10-9-24(21(27)20(25)23-26)19-8-7-15(2)17(4)12-19/h5-12,20,23H,13H2,1-4H3. The number of nitrogens with one attached hydrogen (secondary N) is 1. The first-order valence-corrected chi connectivity index (χ1v) is 9.36. The van der Waals surface area contributed by atoms with E-state index in [9.17, 15) is 9.59 Å². The van der Waals surface area contributed by atoms with Crippen LogP contribution >= 0.6 is 0 Å². The second-order valence-corrected chi connectivity index (χ2v) is 7.51. The summed E-state index contributed by atoms with van der Waals surface area (Å²) in [5.41, 5.74) is 9.48. The number of anilines is 1. The molecule has 1 fully saturated rings. The monoisotopic (exact) mass is 376 g/mol. The lowest BCUT2D eigenvalue weighted by molar-refractivity contribution is -0.122. The smallest absolute Gasteiger partial charge is 0.283 e. The van der Waals surface area contributed by atoms with Crippen molar-refractivity contribution >= 4 is 17.6 Å². The average molecular weight is 376 g/mol. The van der Waals surface area contributed by atoms with Crippen LogP contribution in [0, 0.1) is 27.7 Å². The van der Waals surface area contributed by atoms with Gasteiger partial charge in [-0.15, -0.1) is 0 Å². The Balaban J connectivity index is 1.57. The van der Waals surface area contributed by atoms with Gasteiger partial charge < -0.3 is 0 Å². The molecule has 1 saturated heterocycles. The molecule has 0 bridgehead atoms. The molecule has 2 aliphatic rings. The van der Waals surface area contributed by atoms with Crippen molar-refractivity contribution in [1.82, 2.24) is 15.3 Å². The van der Waals surface area contributed by atoms with E-state index < -0.39 is 6.17 Å². The Bertz CT molecular complexity index is 998. The summed E-state index contributed by atoms with van der Waals surface area (Å²) in [6.45, 7) is 8.52. The van der Waals surface area contributed by atoms with Crippen molar-refractivity contribution in [3.05, 3.63) is 76.6 Å². The summed E-state index contributed by atoms with van der Waals surface area (Å²) in [4.78, 5) is 28.9. The minimum absolute atomic E-state index is 0.178. The van der Waals surface area contributed by atoms with E-state index in [0.717, 1.165) is 27.9 Å². The molecule has 0 aromatic heterocycles. The van der Waals surface area contributed by atoms with E-state index in [2.05, 4.69) is 17.6 Å². The van der Waals surface area contributed by atoms with Crippen LogP contribution in [0.1, 0.15) is 27.8 Å². The Morgan fingerprint density at radius 2 is 1.64 bits per heavy atom. The van der Waals surface area contributed by atoms with Gasteiger partial charge in [0.15, 0.2) is 6.17 Å². The van der Waals surface area contributed by atoms with Gasteiger partial charge in [-0.25, -0.2) is 4.79 Å². The summed E-state index contributed by atoms with van der Waals surface area (Å²) in [7, 11) is 0. The Morgan fingerprint density at radius 3 is 2.39 bits per heavy atom. The summed E-state index contributed by atoms with van der Waals surface area (Å²) in [5, 5.41) is 1.51. The molecule has 4 rings (SSSR count). The number of urea groups is 1. The molecular weight excluding hydrogens is 352 g/mol. The summed E-state index contributed by atoms with van der Waals surface area (Å²) in [5.74, 6) is -0.178. The van der Waals surface area contributed by atoms with E-state index in [4.69, 9.17) is 0 Å². The van der Waals surface area contributed by atoms with E-state index in [1.54, 1.807) is 17.3 Å². The van der Waals surface area contributed by atoms with Crippen molar-refractivity contribution in [3.63, 3.8) is 0 Å². The molecule has 0 radical (unpaired) electrons. The van der Waals surface area contributed by atoms with Crippen molar-refractivity contribution in [2.75, 3.05) is 4.90 Å². The number of nitrogens with zero attached hydrogens (tertiary/aromatic N) is 3. The first-order chi connectivity index (χ1) is 13.3. The zero-order valence-electron chi connectivity index (χ0n) is 16.6. The molecule has 0 saturated carbocycles. The first kappa shape index (κ1) is 18.3. The summed E-state index contributed by atoms with van der Waals surface area (Å²) in [6.07, 6.45) is 2.59. The molecule has 6 nitrogen and oxygen atoms in total. The lowest BCUT2D eigenvalue weighted by Crippen LogP contribution is -2.51. The zero-order chi connectivity index (χ0) is 20.0. The van der Waals surface area contributed by atoms with Gasteiger partial charge in [-0.3, -0.25) is 19.6 Å². The summed E-state index contributed by atoms with van der Waals surface area (Å²) < 4.78 is 0. The van der Waals surface area contributed by atoms with Gasteiger partial charge in [-0.2, -0.15) is 5.43 Å². The third-order valence-electron chi connectivity index (χ3n) is 5.46. The zero-order valence-corrected chi connectivity index (χ0v) is 16.6.